The molecule has 80 valence electrons. The second-order valence-electron chi connectivity index (χ2n) is 3.70. The van der Waals surface area contributed by atoms with Crippen LogP contribution in [0.1, 0.15) is 26.8 Å². The fraction of sp³-hybridized carbons (Fsp3) is 0.500. The molecule has 1 rings (SSSR count). The van der Waals surface area contributed by atoms with Crippen molar-refractivity contribution in [3.63, 3.8) is 0 Å². The highest BCUT2D eigenvalue weighted by Gasteiger charge is 1.99. The first-order chi connectivity index (χ1) is 6.74. The molecule has 0 atom stereocenters. The number of hydrogen-bond donors (Lipinski definition) is 1. The Labute approximate surface area is 87.8 Å². The van der Waals surface area contributed by atoms with E-state index in [4.69, 9.17) is 4.74 Å². The minimum atomic E-state index is 0. The maximum Gasteiger partial charge on any atom is 0.0635 e. The van der Waals surface area contributed by atoms with Crippen molar-refractivity contribution in [2.45, 2.75) is 19.8 Å². The zero-order chi connectivity index (χ0) is 10.4. The summed E-state index contributed by atoms with van der Waals surface area (Å²) >= 11 is 0. The highest BCUT2D eigenvalue weighted by atomic mass is 16.5. The van der Waals surface area contributed by atoms with Gasteiger partial charge >= 0.3 is 0 Å². The number of anilines is 1. The molecule has 0 saturated heterocycles. The van der Waals surface area contributed by atoms with E-state index in [1.807, 2.05) is 0 Å². The Balaban J connectivity index is 0.00000196. The van der Waals surface area contributed by atoms with Crippen molar-refractivity contribution in [1.82, 2.24) is 0 Å². The van der Waals surface area contributed by atoms with Gasteiger partial charge in [-0.05, 0) is 23.6 Å². The lowest BCUT2D eigenvalue weighted by molar-refractivity contribution is 0.211. The second kappa shape index (κ2) is 5.66. The Morgan fingerprint density at radius 1 is 1.43 bits per heavy atom. The Kier molecular flexibility index (Phi) is 4.47. The molecule has 2 heteroatoms. The maximum atomic E-state index is 4.98. The number of benzene rings is 1. The van der Waals surface area contributed by atoms with Crippen molar-refractivity contribution in [2.24, 2.45) is 0 Å². The van der Waals surface area contributed by atoms with Gasteiger partial charge < -0.3 is 10.1 Å². The zero-order valence-electron chi connectivity index (χ0n) is 9.21. The Bertz CT molecular complexity index is 276. The van der Waals surface area contributed by atoms with Crippen LogP contribution in [0.2, 0.25) is 0 Å². The Hall–Kier alpha value is -1.02. The molecule has 0 bridgehead atoms. The van der Waals surface area contributed by atoms with Crippen molar-refractivity contribution in [1.29, 1.82) is 0 Å². The molecule has 0 fully saturated rings. The average Bonchev–Trinajstić information content (AvgIpc) is 2.19. The van der Waals surface area contributed by atoms with Gasteiger partial charge in [0.05, 0.1) is 6.61 Å². The largest absolute Gasteiger partial charge is 0.383 e. The topological polar surface area (TPSA) is 21.3 Å². The monoisotopic (exact) mass is 195 g/mol. The minimum Gasteiger partial charge on any atom is -0.383 e. The van der Waals surface area contributed by atoms with Gasteiger partial charge in [-0.3, -0.25) is 0 Å². The number of rotatable bonds is 5. The summed E-state index contributed by atoms with van der Waals surface area (Å²) in [5.74, 6) is 0.583. The van der Waals surface area contributed by atoms with Crippen LogP contribution in [-0.2, 0) is 4.74 Å². The summed E-state index contributed by atoms with van der Waals surface area (Å²) in [5, 5.41) is 3.32. The number of methoxy groups -OCH3 is 1. The molecule has 0 amide bonds. The summed E-state index contributed by atoms with van der Waals surface area (Å²) in [6, 6.07) is 8.53. The number of ether oxygens (including phenoxy) is 1. The summed E-state index contributed by atoms with van der Waals surface area (Å²) < 4.78 is 4.98. The fourth-order valence-electron chi connectivity index (χ4n) is 1.31. The summed E-state index contributed by atoms with van der Waals surface area (Å²) in [4.78, 5) is 0. The van der Waals surface area contributed by atoms with Crippen LogP contribution in [-0.4, -0.2) is 20.3 Å². The number of hydrogen-bond acceptors (Lipinski definition) is 2. The lowest BCUT2D eigenvalue weighted by Crippen LogP contribution is -2.07. The predicted molar refractivity (Wildman–Crippen MR) is 63.0 cm³/mol. The van der Waals surface area contributed by atoms with Gasteiger partial charge in [-0.2, -0.15) is 0 Å². The highest BCUT2D eigenvalue weighted by Crippen LogP contribution is 2.18. The van der Waals surface area contributed by atoms with Crippen LogP contribution < -0.4 is 5.32 Å². The molecule has 0 saturated carbocycles. The molecule has 0 aliphatic heterocycles. The molecule has 1 aromatic rings. The fourth-order valence-corrected chi connectivity index (χ4v) is 1.31. The van der Waals surface area contributed by atoms with Crippen molar-refractivity contribution >= 4 is 5.69 Å². The normalized spacial score (nSPS) is 10.6. The average molecular weight is 195 g/mol. The predicted octanol–water partition coefficient (Wildman–Crippen LogP) is 3.11. The molecule has 2 nitrogen and oxygen atoms in total. The quantitative estimate of drug-likeness (QED) is 0.729. The first-order valence-corrected chi connectivity index (χ1v) is 5.07. The molecule has 0 unspecified atom stereocenters. The van der Waals surface area contributed by atoms with Crippen LogP contribution in [0.15, 0.2) is 24.3 Å². The van der Waals surface area contributed by atoms with Crippen LogP contribution in [0.25, 0.3) is 0 Å². The standard InChI is InChI=1S/C12H19NO.H2/c1-10(2)11-5-4-6-12(9-11)13-7-8-14-3;/h4-6,9-10,13H,7-8H2,1-3H3;1H. The lowest BCUT2D eigenvalue weighted by atomic mass is 10.0. The highest BCUT2D eigenvalue weighted by molar-refractivity contribution is 5.46. The van der Waals surface area contributed by atoms with Gasteiger partial charge in [0.25, 0.3) is 0 Å². The Morgan fingerprint density at radius 3 is 2.86 bits per heavy atom. The molecular formula is C12H21NO. The van der Waals surface area contributed by atoms with Gasteiger partial charge in [-0.25, -0.2) is 0 Å². The van der Waals surface area contributed by atoms with Crippen molar-refractivity contribution < 1.29 is 6.16 Å². The summed E-state index contributed by atoms with van der Waals surface area (Å²) in [6.07, 6.45) is 0. The van der Waals surface area contributed by atoms with E-state index in [1.165, 1.54) is 11.3 Å². The van der Waals surface area contributed by atoms with Gasteiger partial charge in [0.15, 0.2) is 0 Å². The van der Waals surface area contributed by atoms with E-state index in [0.29, 0.717) is 5.92 Å². The van der Waals surface area contributed by atoms with Crippen LogP contribution in [0, 0.1) is 0 Å². The molecule has 0 radical (unpaired) electrons. The van der Waals surface area contributed by atoms with E-state index in [-0.39, 0.29) is 1.43 Å². The second-order valence-corrected chi connectivity index (χ2v) is 3.70. The summed E-state index contributed by atoms with van der Waals surface area (Å²) in [6.45, 7) is 6.01. The number of nitrogens with one attached hydrogen (secondary N) is 1. The van der Waals surface area contributed by atoms with Crippen molar-refractivity contribution in [3.8, 4) is 0 Å². The van der Waals surface area contributed by atoms with Crippen molar-refractivity contribution in [2.75, 3.05) is 25.6 Å². The molecule has 1 N–H and O–H groups in total. The molecule has 14 heavy (non-hydrogen) atoms. The van der Waals surface area contributed by atoms with E-state index in [2.05, 4.69) is 43.4 Å². The lowest BCUT2D eigenvalue weighted by Gasteiger charge is -2.09. The molecule has 1 aromatic carbocycles. The van der Waals surface area contributed by atoms with Gasteiger partial charge in [-0.15, -0.1) is 0 Å². The SMILES string of the molecule is COCCNc1cccc(C(C)C)c1.[HH]. The maximum absolute atomic E-state index is 4.98. The van der Waals surface area contributed by atoms with E-state index in [0.717, 1.165) is 13.2 Å². The third-order valence-electron chi connectivity index (χ3n) is 2.19. The molecule has 0 aliphatic rings. The zero-order valence-corrected chi connectivity index (χ0v) is 9.21. The van der Waals surface area contributed by atoms with E-state index in [9.17, 15) is 0 Å². The molecular weight excluding hydrogens is 174 g/mol. The minimum absolute atomic E-state index is 0. The third kappa shape index (κ3) is 3.38. The van der Waals surface area contributed by atoms with E-state index >= 15 is 0 Å². The third-order valence-corrected chi connectivity index (χ3v) is 2.19. The van der Waals surface area contributed by atoms with Crippen LogP contribution in [0.4, 0.5) is 5.69 Å². The van der Waals surface area contributed by atoms with Crippen LogP contribution >= 0.6 is 0 Å². The first-order valence-electron chi connectivity index (χ1n) is 5.07. The van der Waals surface area contributed by atoms with Crippen molar-refractivity contribution in [3.05, 3.63) is 29.8 Å². The van der Waals surface area contributed by atoms with Gasteiger partial charge in [0, 0.05) is 20.8 Å². The smallest absolute Gasteiger partial charge is 0.0635 e. The van der Waals surface area contributed by atoms with E-state index in [1.54, 1.807) is 7.11 Å². The van der Waals surface area contributed by atoms with Crippen LogP contribution in [0.5, 0.6) is 0 Å². The molecule has 0 aliphatic carbocycles. The van der Waals surface area contributed by atoms with Gasteiger partial charge in [0.2, 0.25) is 0 Å². The first kappa shape index (κ1) is 11.1. The molecule has 0 heterocycles. The van der Waals surface area contributed by atoms with Gasteiger partial charge in [-0.1, -0.05) is 26.0 Å². The van der Waals surface area contributed by atoms with E-state index < -0.39 is 0 Å². The summed E-state index contributed by atoms with van der Waals surface area (Å²) in [7, 11) is 1.71. The Morgan fingerprint density at radius 2 is 2.21 bits per heavy atom. The van der Waals surface area contributed by atoms with Gasteiger partial charge in [0.1, 0.15) is 0 Å². The molecule has 0 spiro atoms. The van der Waals surface area contributed by atoms with Crippen LogP contribution in [0.3, 0.4) is 0 Å². The summed E-state index contributed by atoms with van der Waals surface area (Å²) in [5.41, 5.74) is 2.54. The molecule has 0 aromatic heterocycles.